The average molecular weight is 585 g/mol. The molecule has 11 nitrogen and oxygen atoms in total. The Kier molecular flexibility index (Phi) is 6.44. The van der Waals surface area contributed by atoms with E-state index in [1.54, 1.807) is 0 Å². The van der Waals surface area contributed by atoms with Crippen molar-refractivity contribution in [2.45, 2.75) is 24.5 Å². The number of nitrogens with one attached hydrogen (secondary N) is 1. The Labute approximate surface area is 218 Å². The van der Waals surface area contributed by atoms with Gasteiger partial charge in [0.15, 0.2) is 17.1 Å². The number of aliphatic hydroxyl groups is 3. The van der Waals surface area contributed by atoms with Crippen molar-refractivity contribution < 1.29 is 39.6 Å². The van der Waals surface area contributed by atoms with Crippen LogP contribution in [0, 0.1) is 11.8 Å². The molecule has 0 aliphatic heterocycles. The van der Waals surface area contributed by atoms with Gasteiger partial charge in [0, 0.05) is 11.5 Å². The summed E-state index contributed by atoms with van der Waals surface area (Å²) < 4.78 is 0. The summed E-state index contributed by atoms with van der Waals surface area (Å²) in [7, 11) is 3.04. The first kappa shape index (κ1) is 26.1. The number of alkyl halides is 1. The van der Waals surface area contributed by atoms with Crippen LogP contribution in [-0.4, -0.2) is 79.8 Å². The minimum Gasteiger partial charge on any atom is -0.508 e. The molecule has 1 aromatic carbocycles. The summed E-state index contributed by atoms with van der Waals surface area (Å²) >= 11 is 9.26. The van der Waals surface area contributed by atoms with Crippen molar-refractivity contribution in [3.8, 4) is 5.75 Å². The van der Waals surface area contributed by atoms with Crippen LogP contribution in [0.2, 0.25) is 5.02 Å². The molecule has 3 aliphatic carbocycles. The molecule has 2 unspecified atom stereocenters. The van der Waals surface area contributed by atoms with E-state index in [4.69, 9.17) is 17.3 Å². The fraction of sp³-hybridized carbons (Fsp3) is 0.391. The highest BCUT2D eigenvalue weighted by atomic mass is 79.9. The number of halogens is 2. The molecular weight excluding hydrogens is 562 g/mol. The number of hydrogen-bond donors (Lipinski definition) is 6. The topological polar surface area (TPSA) is 190 Å². The van der Waals surface area contributed by atoms with Gasteiger partial charge in [-0.2, -0.15) is 0 Å². The average Bonchev–Trinajstić information content (AvgIpc) is 2.78. The van der Waals surface area contributed by atoms with Crippen molar-refractivity contribution in [1.29, 1.82) is 0 Å². The normalized spacial score (nSPS) is 27.6. The molecule has 0 bridgehead atoms. The van der Waals surface area contributed by atoms with Gasteiger partial charge in [0.1, 0.15) is 22.8 Å². The number of aliphatic hydroxyl groups excluding tert-OH is 2. The van der Waals surface area contributed by atoms with E-state index in [-0.39, 0.29) is 40.0 Å². The first-order valence-corrected chi connectivity index (χ1v) is 12.3. The van der Waals surface area contributed by atoms with Crippen molar-refractivity contribution in [2.24, 2.45) is 17.6 Å². The number of Topliss-reactive ketones (excluding diaryl/α,β-unsaturated/α-hetero) is 2. The van der Waals surface area contributed by atoms with E-state index < -0.39 is 69.7 Å². The molecule has 0 aromatic heterocycles. The molecule has 0 heterocycles. The molecule has 3 aliphatic rings. The van der Waals surface area contributed by atoms with Crippen molar-refractivity contribution in [3.05, 3.63) is 39.1 Å². The summed E-state index contributed by atoms with van der Waals surface area (Å²) in [5, 5.41) is 46.7. The lowest BCUT2D eigenvalue weighted by molar-refractivity contribution is -0.153. The van der Waals surface area contributed by atoms with Gasteiger partial charge in [-0.25, -0.2) is 0 Å². The summed E-state index contributed by atoms with van der Waals surface area (Å²) in [5.74, 6) is -8.09. The maximum Gasteiger partial charge on any atom is 0.255 e. The molecule has 1 fully saturated rings. The minimum absolute atomic E-state index is 0.00105. The summed E-state index contributed by atoms with van der Waals surface area (Å²) in [5.41, 5.74) is 1.43. The molecule has 0 spiro atoms. The van der Waals surface area contributed by atoms with Crippen LogP contribution >= 0.6 is 27.5 Å². The summed E-state index contributed by atoms with van der Waals surface area (Å²) in [6.45, 7) is 0. The Bertz CT molecular complexity index is 1310. The predicted octanol–water partition coefficient (Wildman–Crippen LogP) is 0.951. The first-order chi connectivity index (χ1) is 16.8. The molecule has 7 N–H and O–H groups in total. The van der Waals surface area contributed by atoms with Crippen molar-refractivity contribution in [1.82, 2.24) is 4.90 Å². The number of nitrogens with zero attached hydrogens (tertiary/aromatic N) is 1. The number of carbonyl (C=O) groups excluding carboxylic acids is 4. The van der Waals surface area contributed by atoms with E-state index in [0.717, 1.165) is 0 Å². The van der Waals surface area contributed by atoms with Crippen LogP contribution in [0.25, 0.3) is 5.76 Å². The highest BCUT2D eigenvalue weighted by Gasteiger charge is 2.64. The highest BCUT2D eigenvalue weighted by Crippen LogP contribution is 2.54. The van der Waals surface area contributed by atoms with E-state index in [1.807, 2.05) is 0 Å². The lowest BCUT2D eigenvalue weighted by Gasteiger charge is -2.50. The van der Waals surface area contributed by atoms with E-state index in [1.165, 1.54) is 25.1 Å². The molecule has 1 saturated carbocycles. The van der Waals surface area contributed by atoms with Crippen LogP contribution in [0.5, 0.6) is 5.75 Å². The molecule has 4 rings (SSSR count). The minimum atomic E-state index is -2.72. The van der Waals surface area contributed by atoms with Crippen molar-refractivity contribution >= 4 is 62.4 Å². The van der Waals surface area contributed by atoms with Gasteiger partial charge in [-0.1, -0.05) is 27.5 Å². The number of amides is 2. The van der Waals surface area contributed by atoms with Crippen LogP contribution < -0.4 is 11.1 Å². The monoisotopic (exact) mass is 583 g/mol. The molecule has 0 radical (unpaired) electrons. The second-order valence-corrected chi connectivity index (χ2v) is 10.2. The van der Waals surface area contributed by atoms with Crippen LogP contribution in [0.4, 0.5) is 5.69 Å². The second kappa shape index (κ2) is 8.87. The number of primary amides is 1. The Morgan fingerprint density at radius 3 is 2.47 bits per heavy atom. The van der Waals surface area contributed by atoms with Crippen LogP contribution in [0.1, 0.15) is 17.5 Å². The molecule has 36 heavy (non-hydrogen) atoms. The third-order valence-corrected chi connectivity index (χ3v) is 7.86. The lowest BCUT2D eigenvalue weighted by Crippen LogP contribution is -2.65. The number of phenols is 1. The Hall–Kier alpha value is -2.93. The van der Waals surface area contributed by atoms with Crippen molar-refractivity contribution in [2.75, 3.05) is 24.7 Å². The molecule has 13 heteroatoms. The van der Waals surface area contributed by atoms with E-state index >= 15 is 0 Å². The fourth-order valence-corrected chi connectivity index (χ4v) is 5.96. The molecular formula is C23H23BrClN3O8. The van der Waals surface area contributed by atoms with Crippen LogP contribution in [0.15, 0.2) is 23.0 Å². The Morgan fingerprint density at radius 1 is 1.28 bits per heavy atom. The van der Waals surface area contributed by atoms with E-state index in [0.29, 0.717) is 5.56 Å². The van der Waals surface area contributed by atoms with Crippen LogP contribution in [0.3, 0.4) is 0 Å². The number of aromatic hydroxyl groups is 1. The van der Waals surface area contributed by atoms with Gasteiger partial charge in [0.25, 0.3) is 5.91 Å². The SMILES string of the molecule is CN(C)[C@@H]1C(=O)C(C(N)=O)=C(O)[C@@]2(O)C(=O)C3=C(O)c4c(cc(Cl)c(NC(=O)CBr)c4O)CC3CC12. The van der Waals surface area contributed by atoms with Gasteiger partial charge < -0.3 is 31.5 Å². The maximum absolute atomic E-state index is 13.7. The van der Waals surface area contributed by atoms with Gasteiger partial charge in [0.05, 0.1) is 22.0 Å². The third kappa shape index (κ3) is 3.54. The predicted molar refractivity (Wildman–Crippen MR) is 132 cm³/mol. The molecule has 4 atom stereocenters. The Balaban J connectivity index is 1.94. The number of anilines is 1. The number of nitrogens with two attached hydrogens (primary N) is 1. The van der Waals surface area contributed by atoms with Gasteiger partial charge in [-0.05, 0) is 44.5 Å². The van der Waals surface area contributed by atoms with E-state index in [2.05, 4.69) is 21.2 Å². The number of phenolic OH excluding ortho intramolecular Hbond substituents is 1. The van der Waals surface area contributed by atoms with Gasteiger partial charge >= 0.3 is 0 Å². The Morgan fingerprint density at radius 2 is 1.92 bits per heavy atom. The molecule has 192 valence electrons. The maximum atomic E-state index is 13.7. The zero-order chi connectivity index (χ0) is 26.9. The van der Waals surface area contributed by atoms with E-state index in [9.17, 15) is 39.6 Å². The number of carbonyl (C=O) groups is 4. The number of likely N-dealkylation sites (N-methyl/N-ethyl adjacent to an activating group) is 1. The summed E-state index contributed by atoms with van der Waals surface area (Å²) in [6, 6.07) is 0.276. The largest absolute Gasteiger partial charge is 0.508 e. The van der Waals surface area contributed by atoms with Gasteiger partial charge in [0.2, 0.25) is 11.7 Å². The van der Waals surface area contributed by atoms with Gasteiger partial charge in [-0.15, -0.1) is 0 Å². The number of hydrogen-bond acceptors (Lipinski definition) is 9. The number of benzene rings is 1. The molecule has 1 aromatic rings. The standard InChI is InChI=1S/C23H23BrClN3O8/c1-28(2)16-9-4-7-3-8-5-10(25)15(27-11(29)6-24)18(31)12(8)17(30)13(7)20(33)23(9,36)21(34)14(19(16)32)22(26)35/h5,7,9,16,30-31,34,36H,3-4,6H2,1-2H3,(H2,26,35)(H,27,29)/t7?,9?,16-,23-/m0/s1. The van der Waals surface area contributed by atoms with Crippen LogP contribution in [-0.2, 0) is 25.6 Å². The number of rotatable bonds is 4. The fourth-order valence-electron chi connectivity index (χ4n) is 5.56. The zero-order valence-corrected chi connectivity index (χ0v) is 21.5. The van der Waals surface area contributed by atoms with Crippen molar-refractivity contribution in [3.63, 3.8) is 0 Å². The second-order valence-electron chi connectivity index (χ2n) is 9.26. The zero-order valence-electron chi connectivity index (χ0n) is 19.1. The molecule has 0 saturated heterocycles. The highest BCUT2D eigenvalue weighted by molar-refractivity contribution is 9.09. The lowest BCUT2D eigenvalue weighted by atomic mass is 9.57. The number of fused-ring (bicyclic) bond motifs is 3. The van der Waals surface area contributed by atoms with Gasteiger partial charge in [-0.3, -0.25) is 24.1 Å². The quantitative estimate of drug-likeness (QED) is 0.170. The smallest absolute Gasteiger partial charge is 0.255 e. The third-order valence-electron chi connectivity index (χ3n) is 7.05. The summed E-state index contributed by atoms with van der Waals surface area (Å²) in [6.07, 6.45) is 0.0563. The molecule has 2 amide bonds. The number of ketones is 2. The summed E-state index contributed by atoms with van der Waals surface area (Å²) in [4.78, 5) is 52.1. The first-order valence-electron chi connectivity index (χ1n) is 10.8.